The van der Waals surface area contributed by atoms with Crippen LogP contribution in [-0.2, 0) is 4.74 Å². The lowest BCUT2D eigenvalue weighted by Gasteiger charge is -2.38. The van der Waals surface area contributed by atoms with Crippen LogP contribution in [0.3, 0.4) is 0 Å². The molecule has 0 aromatic carbocycles. The molecular formula is C19H36O3. The number of ether oxygens (including phenoxy) is 1. The molecule has 3 nitrogen and oxygen atoms in total. The first-order valence-corrected chi connectivity index (χ1v) is 8.84. The van der Waals surface area contributed by atoms with Gasteiger partial charge in [0.05, 0.1) is 5.60 Å². The van der Waals surface area contributed by atoms with E-state index in [1.807, 2.05) is 0 Å². The Balaban J connectivity index is 4.94. The van der Waals surface area contributed by atoms with Gasteiger partial charge in [-0.15, -0.1) is 0 Å². The Hall–Kier alpha value is -0.640. The van der Waals surface area contributed by atoms with Crippen LogP contribution in [0.15, 0.2) is 24.3 Å². The summed E-state index contributed by atoms with van der Waals surface area (Å²) in [6, 6.07) is 0. The van der Waals surface area contributed by atoms with E-state index < -0.39 is 11.6 Å². The number of aliphatic hydroxyl groups is 2. The molecule has 3 heteroatoms. The molecule has 130 valence electrons. The van der Waals surface area contributed by atoms with E-state index >= 15 is 0 Å². The van der Waals surface area contributed by atoms with Crippen molar-refractivity contribution in [1.29, 1.82) is 0 Å². The monoisotopic (exact) mass is 312 g/mol. The summed E-state index contributed by atoms with van der Waals surface area (Å²) < 4.78 is 5.73. The molecule has 0 aromatic heterocycles. The molecule has 0 aliphatic heterocycles. The summed E-state index contributed by atoms with van der Waals surface area (Å²) in [7, 11) is 0. The van der Waals surface area contributed by atoms with Crippen LogP contribution in [0.2, 0.25) is 0 Å². The number of hydrogen-bond donors (Lipinski definition) is 2. The lowest BCUT2D eigenvalue weighted by molar-refractivity contribution is -0.368. The Kier molecular flexibility index (Phi) is 11.5. The zero-order valence-corrected chi connectivity index (χ0v) is 15.0. The molecule has 0 saturated heterocycles. The summed E-state index contributed by atoms with van der Waals surface area (Å²) in [5.41, 5.74) is -0.468. The van der Waals surface area contributed by atoms with E-state index in [-0.39, 0.29) is 0 Å². The molecule has 0 bridgehead atoms. The quantitative estimate of drug-likeness (QED) is 0.368. The van der Waals surface area contributed by atoms with Crippen molar-refractivity contribution in [3.05, 3.63) is 24.3 Å². The fourth-order valence-corrected chi connectivity index (χ4v) is 2.70. The van der Waals surface area contributed by atoms with Crippen LogP contribution in [0.25, 0.3) is 0 Å². The molecular weight excluding hydrogens is 276 g/mol. The van der Waals surface area contributed by atoms with Crippen LogP contribution < -0.4 is 0 Å². The summed E-state index contributed by atoms with van der Waals surface area (Å²) in [6.07, 6.45) is 17.1. The number of hydrogen-bond acceptors (Lipinski definition) is 3. The van der Waals surface area contributed by atoms with Crippen molar-refractivity contribution in [3.8, 4) is 0 Å². The van der Waals surface area contributed by atoms with Gasteiger partial charge in [-0.2, -0.15) is 0 Å². The standard InChI is InChI=1S/C19H36O3/c1-5-8-11-13-16-19(15-10-7-3,22-18(4,20)21)17-14-12-9-6-2/h8-9,11-12,20-21H,5-7,10,13-17H2,1-4H3/b11-8-,12-9-. The zero-order valence-electron chi connectivity index (χ0n) is 15.0. The van der Waals surface area contributed by atoms with Crippen LogP contribution in [0, 0.1) is 0 Å². The van der Waals surface area contributed by atoms with Gasteiger partial charge < -0.3 is 14.9 Å². The number of allylic oxidation sites excluding steroid dienone is 4. The second-order valence-corrected chi connectivity index (χ2v) is 6.16. The van der Waals surface area contributed by atoms with Crippen LogP contribution in [-0.4, -0.2) is 21.8 Å². The molecule has 0 atom stereocenters. The minimum atomic E-state index is -2.07. The highest BCUT2D eigenvalue weighted by molar-refractivity contribution is 4.91. The minimum absolute atomic E-state index is 0.468. The number of rotatable bonds is 13. The molecule has 0 heterocycles. The Bertz CT molecular complexity index is 295. The van der Waals surface area contributed by atoms with Crippen molar-refractivity contribution in [2.45, 2.75) is 97.1 Å². The highest BCUT2D eigenvalue weighted by Gasteiger charge is 2.35. The predicted molar refractivity (Wildman–Crippen MR) is 93.5 cm³/mol. The molecule has 22 heavy (non-hydrogen) atoms. The van der Waals surface area contributed by atoms with Gasteiger partial charge in [-0.05, 0) is 44.9 Å². The Morgan fingerprint density at radius 2 is 1.32 bits per heavy atom. The molecule has 0 fully saturated rings. The van der Waals surface area contributed by atoms with Crippen LogP contribution in [0.1, 0.15) is 85.5 Å². The van der Waals surface area contributed by atoms with Crippen LogP contribution in [0.5, 0.6) is 0 Å². The zero-order chi connectivity index (χ0) is 16.9. The second kappa shape index (κ2) is 11.9. The van der Waals surface area contributed by atoms with Crippen molar-refractivity contribution in [2.24, 2.45) is 0 Å². The summed E-state index contributed by atoms with van der Waals surface area (Å²) >= 11 is 0. The van der Waals surface area contributed by atoms with Crippen molar-refractivity contribution in [3.63, 3.8) is 0 Å². The topological polar surface area (TPSA) is 49.7 Å². The van der Waals surface area contributed by atoms with E-state index in [9.17, 15) is 10.2 Å². The lowest BCUT2D eigenvalue weighted by Crippen LogP contribution is -2.43. The Morgan fingerprint density at radius 1 is 0.818 bits per heavy atom. The van der Waals surface area contributed by atoms with Crippen molar-refractivity contribution in [1.82, 2.24) is 0 Å². The van der Waals surface area contributed by atoms with E-state index in [1.54, 1.807) is 0 Å². The highest BCUT2D eigenvalue weighted by Crippen LogP contribution is 2.33. The average Bonchev–Trinajstić information content (AvgIpc) is 2.44. The van der Waals surface area contributed by atoms with Gasteiger partial charge in [0, 0.05) is 6.92 Å². The third-order valence-electron chi connectivity index (χ3n) is 3.73. The van der Waals surface area contributed by atoms with Gasteiger partial charge in [0.25, 0.3) is 5.97 Å². The van der Waals surface area contributed by atoms with Gasteiger partial charge in [0.2, 0.25) is 0 Å². The van der Waals surface area contributed by atoms with Gasteiger partial charge in [-0.25, -0.2) is 0 Å². The van der Waals surface area contributed by atoms with Crippen molar-refractivity contribution < 1.29 is 14.9 Å². The van der Waals surface area contributed by atoms with Gasteiger partial charge in [-0.3, -0.25) is 0 Å². The maximum absolute atomic E-state index is 9.76. The van der Waals surface area contributed by atoms with E-state index in [2.05, 4.69) is 45.1 Å². The lowest BCUT2D eigenvalue weighted by atomic mass is 9.86. The Labute approximate surface area is 137 Å². The first-order chi connectivity index (χ1) is 10.4. The summed E-state index contributed by atoms with van der Waals surface area (Å²) in [6.45, 7) is 7.68. The summed E-state index contributed by atoms with van der Waals surface area (Å²) in [5.74, 6) is -2.07. The Morgan fingerprint density at radius 3 is 1.68 bits per heavy atom. The fourth-order valence-electron chi connectivity index (χ4n) is 2.70. The van der Waals surface area contributed by atoms with E-state index in [0.29, 0.717) is 0 Å². The summed E-state index contributed by atoms with van der Waals surface area (Å²) in [4.78, 5) is 0. The number of unbranched alkanes of at least 4 members (excludes halogenated alkanes) is 1. The smallest absolute Gasteiger partial charge is 0.275 e. The molecule has 0 aliphatic rings. The summed E-state index contributed by atoms with van der Waals surface area (Å²) in [5, 5.41) is 19.5. The predicted octanol–water partition coefficient (Wildman–Crippen LogP) is 5.08. The maximum Gasteiger partial charge on any atom is 0.275 e. The molecule has 0 rings (SSSR count). The molecule has 0 spiro atoms. The third-order valence-corrected chi connectivity index (χ3v) is 3.73. The van der Waals surface area contributed by atoms with E-state index in [0.717, 1.165) is 57.8 Å². The first kappa shape index (κ1) is 21.4. The first-order valence-electron chi connectivity index (χ1n) is 8.84. The van der Waals surface area contributed by atoms with Crippen LogP contribution >= 0.6 is 0 Å². The third kappa shape index (κ3) is 11.0. The molecule has 0 amide bonds. The average molecular weight is 312 g/mol. The van der Waals surface area contributed by atoms with E-state index in [1.165, 1.54) is 6.92 Å². The van der Waals surface area contributed by atoms with Gasteiger partial charge in [-0.1, -0.05) is 57.9 Å². The normalized spacial score (nSPS) is 13.5. The fraction of sp³-hybridized carbons (Fsp3) is 0.789. The van der Waals surface area contributed by atoms with Crippen molar-refractivity contribution in [2.75, 3.05) is 0 Å². The van der Waals surface area contributed by atoms with Gasteiger partial charge in [0.15, 0.2) is 0 Å². The molecule has 2 N–H and O–H groups in total. The maximum atomic E-state index is 9.76. The largest absolute Gasteiger partial charge is 0.344 e. The van der Waals surface area contributed by atoms with E-state index in [4.69, 9.17) is 4.74 Å². The molecule has 0 saturated carbocycles. The minimum Gasteiger partial charge on any atom is -0.344 e. The molecule has 0 radical (unpaired) electrons. The van der Waals surface area contributed by atoms with Gasteiger partial charge in [0.1, 0.15) is 0 Å². The van der Waals surface area contributed by atoms with Crippen molar-refractivity contribution >= 4 is 0 Å². The van der Waals surface area contributed by atoms with Gasteiger partial charge >= 0.3 is 0 Å². The molecule has 0 unspecified atom stereocenters. The highest BCUT2D eigenvalue weighted by atomic mass is 16.8. The SMILES string of the molecule is CC/C=C\CCC(CC/C=C\CC)(CCCC)OC(C)(O)O. The second-order valence-electron chi connectivity index (χ2n) is 6.16. The molecule has 0 aromatic rings. The molecule has 0 aliphatic carbocycles. The van der Waals surface area contributed by atoms with Crippen LogP contribution in [0.4, 0.5) is 0 Å².